The van der Waals surface area contributed by atoms with E-state index in [0.29, 0.717) is 18.6 Å². The average molecular weight is 533 g/mol. The molecule has 192 valence electrons. The highest BCUT2D eigenvalue weighted by atomic mass is 32.2. The van der Waals surface area contributed by atoms with Gasteiger partial charge in [-0.2, -0.15) is 8.61 Å². The van der Waals surface area contributed by atoms with Crippen molar-refractivity contribution in [2.45, 2.75) is 36.5 Å². The quantitative estimate of drug-likeness (QED) is 0.458. The highest BCUT2D eigenvalue weighted by molar-refractivity contribution is 7.89. The molecule has 1 amide bonds. The normalized spacial score (nSPS) is 15.0. The average Bonchev–Trinajstić information content (AvgIpc) is 3.40. The van der Waals surface area contributed by atoms with Crippen molar-refractivity contribution in [1.82, 2.24) is 13.6 Å². The van der Waals surface area contributed by atoms with Gasteiger partial charge in [-0.25, -0.2) is 16.8 Å². The van der Waals surface area contributed by atoms with Gasteiger partial charge in [0.2, 0.25) is 25.6 Å². The maximum absolute atomic E-state index is 13.2. The highest BCUT2D eigenvalue weighted by Gasteiger charge is 2.27. The summed E-state index contributed by atoms with van der Waals surface area (Å²) in [5.41, 5.74) is -0.0207. The summed E-state index contributed by atoms with van der Waals surface area (Å²) in [6, 6.07) is 11.2. The Labute approximate surface area is 210 Å². The van der Waals surface area contributed by atoms with Crippen molar-refractivity contribution >= 4 is 42.5 Å². The van der Waals surface area contributed by atoms with E-state index in [1.54, 1.807) is 19.9 Å². The zero-order valence-electron chi connectivity index (χ0n) is 20.0. The lowest BCUT2D eigenvalue weighted by molar-refractivity contribution is 0.102. The topological polar surface area (TPSA) is 137 Å². The number of pyridine rings is 1. The minimum absolute atomic E-state index is 0.00139. The molecule has 0 aliphatic carbocycles. The Morgan fingerprint density at radius 1 is 0.972 bits per heavy atom. The molecule has 0 radical (unpaired) electrons. The zero-order valence-corrected chi connectivity index (χ0v) is 21.7. The third kappa shape index (κ3) is 4.94. The number of aromatic amines is 1. The van der Waals surface area contributed by atoms with Gasteiger partial charge in [-0.3, -0.25) is 9.59 Å². The molecule has 1 aliphatic rings. The van der Waals surface area contributed by atoms with Crippen LogP contribution in [-0.2, 0) is 20.0 Å². The second kappa shape index (κ2) is 10.1. The molecular formula is C24H28N4O6S2. The van der Waals surface area contributed by atoms with Crippen LogP contribution in [0, 0.1) is 0 Å². The first-order chi connectivity index (χ1) is 17.1. The molecule has 2 heterocycles. The van der Waals surface area contributed by atoms with Gasteiger partial charge in [0.25, 0.3) is 5.91 Å². The molecule has 0 atom stereocenters. The standard InChI is InChI=1S/C24H28N4O6S2/c1-3-27(4-2)35(31,32)19-10-11-22-20(15-19)21(16-23(29)26-22)24(30)25-17-8-7-9-18(14-17)36(33,34)28-12-5-6-13-28/h7-11,14-16H,3-6,12-13H2,1-2H3,(H,25,30)(H,26,29). The Balaban J connectivity index is 1.71. The van der Waals surface area contributed by atoms with E-state index in [1.807, 2.05) is 0 Å². The predicted octanol–water partition coefficient (Wildman–Crippen LogP) is 2.60. The van der Waals surface area contributed by atoms with Crippen LogP contribution in [0.1, 0.15) is 37.0 Å². The number of fused-ring (bicyclic) bond motifs is 1. The van der Waals surface area contributed by atoms with E-state index in [9.17, 15) is 26.4 Å². The highest BCUT2D eigenvalue weighted by Crippen LogP contribution is 2.26. The van der Waals surface area contributed by atoms with Crippen LogP contribution in [0.25, 0.3) is 10.9 Å². The molecule has 0 unspecified atom stereocenters. The van der Waals surface area contributed by atoms with Crippen LogP contribution in [0.2, 0.25) is 0 Å². The van der Waals surface area contributed by atoms with E-state index in [4.69, 9.17) is 0 Å². The van der Waals surface area contributed by atoms with Crippen molar-refractivity contribution in [1.29, 1.82) is 0 Å². The van der Waals surface area contributed by atoms with Gasteiger partial charge < -0.3 is 10.3 Å². The molecule has 36 heavy (non-hydrogen) atoms. The largest absolute Gasteiger partial charge is 0.322 e. The van der Waals surface area contributed by atoms with Gasteiger partial charge in [0.05, 0.1) is 15.4 Å². The Hall–Kier alpha value is -3.06. The van der Waals surface area contributed by atoms with Gasteiger partial charge >= 0.3 is 0 Å². The summed E-state index contributed by atoms with van der Waals surface area (Å²) in [4.78, 5) is 28.1. The second-order valence-corrected chi connectivity index (χ2v) is 12.3. The van der Waals surface area contributed by atoms with Crippen molar-refractivity contribution in [2.75, 3.05) is 31.5 Å². The zero-order chi connectivity index (χ0) is 26.1. The summed E-state index contributed by atoms with van der Waals surface area (Å²) in [5.74, 6) is -0.667. The van der Waals surface area contributed by atoms with E-state index in [1.165, 1.54) is 45.0 Å². The van der Waals surface area contributed by atoms with E-state index in [2.05, 4.69) is 10.3 Å². The van der Waals surface area contributed by atoms with Gasteiger partial charge in [0.15, 0.2) is 0 Å². The predicted molar refractivity (Wildman–Crippen MR) is 137 cm³/mol. The Bertz CT molecular complexity index is 1570. The van der Waals surface area contributed by atoms with E-state index in [0.717, 1.165) is 18.9 Å². The van der Waals surface area contributed by atoms with Gasteiger partial charge in [-0.05, 0) is 49.2 Å². The molecule has 1 fully saturated rings. The number of carbonyl (C=O) groups excluding carboxylic acids is 1. The van der Waals surface area contributed by atoms with Gasteiger partial charge in [0.1, 0.15) is 0 Å². The Morgan fingerprint density at radius 3 is 2.33 bits per heavy atom. The minimum atomic E-state index is -3.80. The lowest BCUT2D eigenvalue weighted by Crippen LogP contribution is -2.30. The van der Waals surface area contributed by atoms with Gasteiger partial charge in [-0.15, -0.1) is 0 Å². The monoisotopic (exact) mass is 532 g/mol. The summed E-state index contributed by atoms with van der Waals surface area (Å²) in [5, 5.41) is 2.90. The van der Waals surface area contributed by atoms with Crippen molar-refractivity contribution in [3.05, 3.63) is 64.4 Å². The van der Waals surface area contributed by atoms with Crippen LogP contribution < -0.4 is 10.9 Å². The van der Waals surface area contributed by atoms with Crippen molar-refractivity contribution in [3.8, 4) is 0 Å². The Kier molecular flexibility index (Phi) is 7.32. The number of benzene rings is 2. The molecule has 1 aromatic heterocycles. The smallest absolute Gasteiger partial charge is 0.256 e. The molecule has 10 nitrogen and oxygen atoms in total. The summed E-state index contributed by atoms with van der Waals surface area (Å²) in [7, 11) is -7.48. The van der Waals surface area contributed by atoms with Crippen LogP contribution in [-0.4, -0.2) is 62.5 Å². The lowest BCUT2D eigenvalue weighted by atomic mass is 10.1. The molecule has 4 rings (SSSR count). The molecule has 0 bridgehead atoms. The maximum Gasteiger partial charge on any atom is 0.256 e. The number of rotatable bonds is 8. The van der Waals surface area contributed by atoms with Crippen molar-refractivity contribution < 1.29 is 21.6 Å². The number of amides is 1. The van der Waals surface area contributed by atoms with Crippen LogP contribution in [0.3, 0.4) is 0 Å². The first-order valence-corrected chi connectivity index (χ1v) is 14.5. The molecular weight excluding hydrogens is 504 g/mol. The fraction of sp³-hybridized carbons (Fsp3) is 0.333. The summed E-state index contributed by atoms with van der Waals surface area (Å²) >= 11 is 0. The fourth-order valence-corrected chi connectivity index (χ4v) is 7.35. The molecule has 1 aliphatic heterocycles. The molecule has 2 N–H and O–H groups in total. The van der Waals surface area contributed by atoms with Crippen LogP contribution in [0.15, 0.2) is 63.1 Å². The molecule has 0 spiro atoms. The third-order valence-electron chi connectivity index (χ3n) is 6.20. The molecule has 12 heteroatoms. The molecule has 0 saturated carbocycles. The van der Waals surface area contributed by atoms with E-state index >= 15 is 0 Å². The van der Waals surface area contributed by atoms with Crippen LogP contribution in [0.5, 0.6) is 0 Å². The number of sulfonamides is 2. The number of aromatic nitrogens is 1. The summed E-state index contributed by atoms with van der Waals surface area (Å²) < 4.78 is 54.5. The number of H-pyrrole nitrogens is 1. The van der Waals surface area contributed by atoms with Crippen molar-refractivity contribution in [2.24, 2.45) is 0 Å². The summed E-state index contributed by atoms with van der Waals surface area (Å²) in [6.07, 6.45) is 1.61. The molecule has 2 aromatic carbocycles. The van der Waals surface area contributed by atoms with Gasteiger partial charge in [0, 0.05) is 48.8 Å². The summed E-state index contributed by atoms with van der Waals surface area (Å²) in [6.45, 7) is 4.94. The van der Waals surface area contributed by atoms with Gasteiger partial charge in [-0.1, -0.05) is 19.9 Å². The first kappa shape index (κ1) is 26.0. The number of hydrogen-bond acceptors (Lipinski definition) is 6. The second-order valence-electron chi connectivity index (χ2n) is 8.44. The number of carbonyl (C=O) groups is 1. The molecule has 3 aromatic rings. The van der Waals surface area contributed by atoms with E-state index < -0.39 is 31.5 Å². The van der Waals surface area contributed by atoms with Crippen LogP contribution in [0.4, 0.5) is 5.69 Å². The minimum Gasteiger partial charge on any atom is -0.322 e. The fourth-order valence-electron chi connectivity index (χ4n) is 4.30. The third-order valence-corrected chi connectivity index (χ3v) is 10.1. The van der Waals surface area contributed by atoms with Crippen molar-refractivity contribution in [3.63, 3.8) is 0 Å². The number of hydrogen-bond donors (Lipinski definition) is 2. The first-order valence-electron chi connectivity index (χ1n) is 11.7. The van der Waals surface area contributed by atoms with E-state index in [-0.39, 0.29) is 39.5 Å². The number of anilines is 1. The number of nitrogens with zero attached hydrogens (tertiary/aromatic N) is 2. The SMILES string of the molecule is CCN(CC)S(=O)(=O)c1ccc2[nH]c(=O)cc(C(=O)Nc3cccc(S(=O)(=O)N4CCCC4)c3)c2c1. The maximum atomic E-state index is 13.2. The Morgan fingerprint density at radius 2 is 1.67 bits per heavy atom. The number of nitrogens with one attached hydrogen (secondary N) is 2. The lowest BCUT2D eigenvalue weighted by Gasteiger charge is -2.19. The molecule has 1 saturated heterocycles. The van der Waals surface area contributed by atoms with Crippen LogP contribution >= 0.6 is 0 Å².